The fourth-order valence-electron chi connectivity index (χ4n) is 3.64. The quantitative estimate of drug-likeness (QED) is 0.284. The summed E-state index contributed by atoms with van der Waals surface area (Å²) in [6.07, 6.45) is 2.96. The largest absolute Gasteiger partial charge is 0.383 e. The second kappa shape index (κ2) is 8.98. The molecule has 5 aromatic rings. The number of nitrogens with zero attached hydrogens (tertiary/aromatic N) is 6. The van der Waals surface area contributed by atoms with Crippen LogP contribution in [0.3, 0.4) is 0 Å². The second-order valence-electron chi connectivity index (χ2n) is 7.63. The lowest BCUT2D eigenvalue weighted by Crippen LogP contribution is -2.12. The molecule has 1 amide bonds. The zero-order valence-corrected chi connectivity index (χ0v) is 18.2. The third kappa shape index (κ3) is 4.37. The summed E-state index contributed by atoms with van der Waals surface area (Å²) in [7, 11) is 0. The summed E-state index contributed by atoms with van der Waals surface area (Å²) in [6.45, 7) is 0.329. The molecule has 0 atom stereocenters. The van der Waals surface area contributed by atoms with E-state index in [9.17, 15) is 14.9 Å². The van der Waals surface area contributed by atoms with Crippen molar-refractivity contribution in [3.63, 3.8) is 0 Å². The molecule has 0 aliphatic rings. The highest BCUT2D eigenvalue weighted by Crippen LogP contribution is 2.30. The summed E-state index contributed by atoms with van der Waals surface area (Å²) in [4.78, 5) is 35.6. The lowest BCUT2D eigenvalue weighted by Gasteiger charge is -2.05. The van der Waals surface area contributed by atoms with Crippen molar-refractivity contribution in [2.45, 2.75) is 6.54 Å². The van der Waals surface area contributed by atoms with Crippen LogP contribution in [0.1, 0.15) is 15.9 Å². The van der Waals surface area contributed by atoms with E-state index < -0.39 is 4.92 Å². The minimum absolute atomic E-state index is 0.0125. The van der Waals surface area contributed by atoms with Crippen LogP contribution in [0.5, 0.6) is 0 Å². The lowest BCUT2D eigenvalue weighted by atomic mass is 10.1. The number of hydrogen-bond acceptors (Lipinski definition) is 8. The highest BCUT2D eigenvalue weighted by Gasteiger charge is 2.18. The summed E-state index contributed by atoms with van der Waals surface area (Å²) >= 11 is 0. The standard InChI is InChI=1S/C24H18N8O3/c25-22-20-21(16-6-8-17(9-7-16)24(33)29-19-3-1-2-12-26-19)30-31(23(20)28-14-27-22)13-15-4-10-18(11-5-15)32(34)35/h1-12,14H,13H2,(H2,25,27,28)(H,26,29,33). The number of anilines is 2. The Bertz CT molecular complexity index is 1530. The number of aromatic nitrogens is 5. The zero-order valence-electron chi connectivity index (χ0n) is 18.2. The predicted octanol–water partition coefficient (Wildman–Crippen LogP) is 3.68. The van der Waals surface area contributed by atoms with Crippen LogP contribution in [0.4, 0.5) is 17.3 Å². The maximum absolute atomic E-state index is 12.5. The molecule has 0 radical (unpaired) electrons. The highest BCUT2D eigenvalue weighted by atomic mass is 16.6. The van der Waals surface area contributed by atoms with Crippen molar-refractivity contribution in [2.24, 2.45) is 0 Å². The summed E-state index contributed by atoms with van der Waals surface area (Å²) in [5.74, 6) is 0.450. The average molecular weight is 466 g/mol. The SMILES string of the molecule is Nc1ncnc2c1c(-c1ccc(C(=O)Nc3ccccn3)cc1)nn2Cc1ccc([N+](=O)[O-])cc1. The normalized spacial score (nSPS) is 10.9. The number of nitro benzene ring substituents is 1. The van der Waals surface area contributed by atoms with Crippen LogP contribution in [-0.4, -0.2) is 35.6 Å². The Labute approximate surface area is 198 Å². The van der Waals surface area contributed by atoms with Crippen molar-refractivity contribution in [3.8, 4) is 11.3 Å². The van der Waals surface area contributed by atoms with E-state index in [4.69, 9.17) is 10.8 Å². The predicted molar refractivity (Wildman–Crippen MR) is 130 cm³/mol. The monoisotopic (exact) mass is 466 g/mol. The Morgan fingerprint density at radius 3 is 2.46 bits per heavy atom. The summed E-state index contributed by atoms with van der Waals surface area (Å²) < 4.78 is 1.67. The van der Waals surface area contributed by atoms with Gasteiger partial charge < -0.3 is 11.1 Å². The van der Waals surface area contributed by atoms with E-state index in [1.807, 2.05) is 0 Å². The Kier molecular flexibility index (Phi) is 5.55. The van der Waals surface area contributed by atoms with Crippen molar-refractivity contribution < 1.29 is 9.72 Å². The molecule has 0 aliphatic heterocycles. The number of amides is 1. The van der Waals surface area contributed by atoms with Crippen LogP contribution >= 0.6 is 0 Å². The Morgan fingerprint density at radius 1 is 1.00 bits per heavy atom. The number of non-ortho nitro benzene ring substituents is 1. The summed E-state index contributed by atoms with van der Waals surface area (Å²) in [6, 6.07) is 18.4. The number of pyridine rings is 1. The van der Waals surface area contributed by atoms with E-state index in [1.165, 1.54) is 18.5 Å². The Morgan fingerprint density at radius 2 is 1.77 bits per heavy atom. The van der Waals surface area contributed by atoms with Crippen LogP contribution in [0.2, 0.25) is 0 Å². The van der Waals surface area contributed by atoms with Gasteiger partial charge in [-0.05, 0) is 29.8 Å². The Balaban J connectivity index is 1.46. The van der Waals surface area contributed by atoms with Crippen LogP contribution in [0, 0.1) is 10.1 Å². The van der Waals surface area contributed by atoms with Crippen molar-refractivity contribution in [1.29, 1.82) is 0 Å². The van der Waals surface area contributed by atoms with Gasteiger partial charge in [-0.2, -0.15) is 5.10 Å². The molecule has 3 N–H and O–H groups in total. The number of fused-ring (bicyclic) bond motifs is 1. The molecule has 5 rings (SSSR count). The van der Waals surface area contributed by atoms with Gasteiger partial charge in [0.15, 0.2) is 5.65 Å². The summed E-state index contributed by atoms with van der Waals surface area (Å²) in [5.41, 5.74) is 9.27. The number of rotatable bonds is 6. The van der Waals surface area contributed by atoms with Gasteiger partial charge in [-0.25, -0.2) is 19.6 Å². The van der Waals surface area contributed by atoms with Crippen molar-refractivity contribution in [1.82, 2.24) is 24.7 Å². The number of nitro groups is 1. The number of carbonyl (C=O) groups excluding carboxylic acids is 1. The van der Waals surface area contributed by atoms with Crippen molar-refractivity contribution in [2.75, 3.05) is 11.1 Å². The third-order valence-electron chi connectivity index (χ3n) is 5.37. The van der Waals surface area contributed by atoms with E-state index >= 15 is 0 Å². The molecule has 3 heterocycles. The molecule has 11 nitrogen and oxygen atoms in total. The molecule has 0 saturated carbocycles. The molecule has 0 fully saturated rings. The molecular weight excluding hydrogens is 448 g/mol. The van der Waals surface area contributed by atoms with Gasteiger partial charge in [0.25, 0.3) is 11.6 Å². The third-order valence-corrected chi connectivity index (χ3v) is 5.37. The first-order chi connectivity index (χ1) is 17.0. The van der Waals surface area contributed by atoms with E-state index in [0.29, 0.717) is 34.7 Å². The molecule has 0 spiro atoms. The molecule has 0 aliphatic carbocycles. The molecule has 0 saturated heterocycles. The van der Waals surface area contributed by atoms with E-state index in [-0.39, 0.29) is 17.4 Å². The minimum atomic E-state index is -0.445. The number of benzene rings is 2. The minimum Gasteiger partial charge on any atom is -0.383 e. The molecular formula is C24H18N8O3. The van der Waals surface area contributed by atoms with E-state index in [1.54, 1.807) is 65.5 Å². The van der Waals surface area contributed by atoms with E-state index in [2.05, 4.69) is 20.3 Å². The first-order valence-corrected chi connectivity index (χ1v) is 10.5. The van der Waals surface area contributed by atoms with Gasteiger partial charge in [0, 0.05) is 29.5 Å². The highest BCUT2D eigenvalue weighted by molar-refractivity contribution is 6.04. The fraction of sp³-hybridized carbons (Fsp3) is 0.0417. The van der Waals surface area contributed by atoms with Crippen LogP contribution in [0.25, 0.3) is 22.3 Å². The van der Waals surface area contributed by atoms with Gasteiger partial charge in [-0.15, -0.1) is 0 Å². The number of hydrogen-bond donors (Lipinski definition) is 2. The van der Waals surface area contributed by atoms with Gasteiger partial charge in [0.1, 0.15) is 23.7 Å². The number of nitrogen functional groups attached to an aromatic ring is 1. The number of carbonyl (C=O) groups is 1. The summed E-state index contributed by atoms with van der Waals surface area (Å²) in [5, 5.41) is 19.0. The maximum atomic E-state index is 12.5. The maximum Gasteiger partial charge on any atom is 0.269 e. The Hall–Kier alpha value is -5.19. The first kappa shape index (κ1) is 21.6. The van der Waals surface area contributed by atoms with Crippen molar-refractivity contribution in [3.05, 3.63) is 100 Å². The molecule has 3 aromatic heterocycles. The van der Waals surface area contributed by atoms with Gasteiger partial charge >= 0.3 is 0 Å². The molecule has 35 heavy (non-hydrogen) atoms. The lowest BCUT2D eigenvalue weighted by molar-refractivity contribution is -0.384. The van der Waals surface area contributed by atoms with Crippen LogP contribution < -0.4 is 11.1 Å². The van der Waals surface area contributed by atoms with Crippen LogP contribution in [-0.2, 0) is 6.54 Å². The molecule has 172 valence electrons. The molecule has 0 bridgehead atoms. The van der Waals surface area contributed by atoms with Crippen molar-refractivity contribution >= 4 is 34.3 Å². The molecule has 0 unspecified atom stereocenters. The smallest absolute Gasteiger partial charge is 0.269 e. The molecule has 2 aromatic carbocycles. The van der Waals surface area contributed by atoms with Gasteiger partial charge in [0.05, 0.1) is 16.9 Å². The zero-order chi connectivity index (χ0) is 24.4. The number of nitrogens with one attached hydrogen (secondary N) is 1. The fourth-order valence-corrected chi connectivity index (χ4v) is 3.64. The first-order valence-electron chi connectivity index (χ1n) is 10.5. The van der Waals surface area contributed by atoms with Gasteiger partial charge in [0.2, 0.25) is 0 Å². The van der Waals surface area contributed by atoms with Gasteiger partial charge in [-0.1, -0.05) is 30.3 Å². The van der Waals surface area contributed by atoms with E-state index in [0.717, 1.165) is 11.1 Å². The number of nitrogens with two attached hydrogens (primary N) is 1. The average Bonchev–Trinajstić information content (AvgIpc) is 3.24. The topological polar surface area (TPSA) is 155 Å². The second-order valence-corrected chi connectivity index (χ2v) is 7.63. The molecule has 11 heteroatoms. The van der Waals surface area contributed by atoms with Gasteiger partial charge in [-0.3, -0.25) is 14.9 Å². The van der Waals surface area contributed by atoms with Crippen LogP contribution in [0.15, 0.2) is 79.3 Å².